The van der Waals surface area contributed by atoms with Crippen molar-refractivity contribution in [3.63, 3.8) is 0 Å². The second-order valence-corrected chi connectivity index (χ2v) is 6.75. The topological polar surface area (TPSA) is 66.4 Å². The van der Waals surface area contributed by atoms with Crippen LogP contribution in [0, 0.1) is 6.92 Å². The summed E-state index contributed by atoms with van der Waals surface area (Å²) in [6, 6.07) is 16.3. The highest BCUT2D eigenvalue weighted by atomic mass is 16.5. The van der Waals surface area contributed by atoms with Gasteiger partial charge in [0.05, 0.1) is 13.3 Å². The Hall–Kier alpha value is -3.35. The molecule has 7 heteroatoms. The Kier molecular flexibility index (Phi) is 5.23. The smallest absolute Gasteiger partial charge is 0.249 e. The van der Waals surface area contributed by atoms with Crippen LogP contribution in [0.2, 0.25) is 0 Å². The van der Waals surface area contributed by atoms with Gasteiger partial charge in [0.1, 0.15) is 5.75 Å². The summed E-state index contributed by atoms with van der Waals surface area (Å²) in [4.78, 5) is 9.28. The van der Waals surface area contributed by atoms with Crippen LogP contribution in [0.15, 0.2) is 54.7 Å². The Morgan fingerprint density at radius 1 is 0.929 bits per heavy atom. The summed E-state index contributed by atoms with van der Waals surface area (Å²) < 4.78 is 5.24. The third-order valence-electron chi connectivity index (χ3n) is 4.98. The van der Waals surface area contributed by atoms with Crippen LogP contribution in [-0.4, -0.2) is 48.5 Å². The summed E-state index contributed by atoms with van der Waals surface area (Å²) in [6.45, 7) is 5.68. The lowest BCUT2D eigenvalue weighted by atomic mass is 10.2. The molecule has 2 heterocycles. The second-order valence-electron chi connectivity index (χ2n) is 6.75. The minimum absolute atomic E-state index is 0.518. The van der Waals surface area contributed by atoms with Crippen molar-refractivity contribution in [1.29, 1.82) is 0 Å². The SMILES string of the molecule is COc1ccc(N2CCN(c3cnnc(Nc4ccccc4C)n3)CC2)cc1. The molecule has 0 unspecified atom stereocenters. The fraction of sp³-hybridized carbons (Fsp3) is 0.286. The number of aryl methyl sites for hydroxylation is 1. The van der Waals surface area contributed by atoms with Crippen molar-refractivity contribution in [3.8, 4) is 5.75 Å². The van der Waals surface area contributed by atoms with Crippen molar-refractivity contribution < 1.29 is 4.74 Å². The maximum atomic E-state index is 5.24. The van der Waals surface area contributed by atoms with E-state index >= 15 is 0 Å². The second kappa shape index (κ2) is 8.12. The molecule has 1 aliphatic heterocycles. The molecule has 3 aromatic rings. The number of benzene rings is 2. The Morgan fingerprint density at radius 2 is 1.64 bits per heavy atom. The summed E-state index contributed by atoms with van der Waals surface area (Å²) in [5.41, 5.74) is 3.35. The monoisotopic (exact) mass is 376 g/mol. The molecule has 1 aromatic heterocycles. The van der Waals surface area contributed by atoms with E-state index in [9.17, 15) is 0 Å². The van der Waals surface area contributed by atoms with E-state index in [1.807, 2.05) is 30.3 Å². The van der Waals surface area contributed by atoms with Crippen molar-refractivity contribution in [1.82, 2.24) is 15.2 Å². The molecule has 0 saturated carbocycles. The van der Waals surface area contributed by atoms with Crippen LogP contribution in [0.1, 0.15) is 5.56 Å². The van der Waals surface area contributed by atoms with E-state index < -0.39 is 0 Å². The van der Waals surface area contributed by atoms with E-state index in [0.29, 0.717) is 5.95 Å². The molecule has 4 rings (SSSR count). The number of hydrogen-bond donors (Lipinski definition) is 1. The molecule has 7 nitrogen and oxygen atoms in total. The first-order valence-electron chi connectivity index (χ1n) is 9.39. The molecular weight excluding hydrogens is 352 g/mol. The third-order valence-corrected chi connectivity index (χ3v) is 4.98. The van der Waals surface area contributed by atoms with E-state index in [2.05, 4.69) is 55.4 Å². The molecule has 0 bridgehead atoms. The summed E-state index contributed by atoms with van der Waals surface area (Å²) in [5, 5.41) is 11.5. The van der Waals surface area contributed by atoms with E-state index in [0.717, 1.165) is 49.0 Å². The number of nitrogens with zero attached hydrogens (tertiary/aromatic N) is 5. The predicted octanol–water partition coefficient (Wildman–Crippen LogP) is 3.26. The van der Waals surface area contributed by atoms with Gasteiger partial charge in [0.15, 0.2) is 5.82 Å². The average Bonchev–Trinajstić information content (AvgIpc) is 2.76. The highest BCUT2D eigenvalue weighted by Crippen LogP contribution is 2.23. The van der Waals surface area contributed by atoms with Crippen LogP contribution >= 0.6 is 0 Å². The van der Waals surface area contributed by atoms with Gasteiger partial charge < -0.3 is 19.9 Å². The van der Waals surface area contributed by atoms with Gasteiger partial charge in [-0.2, -0.15) is 10.1 Å². The minimum Gasteiger partial charge on any atom is -0.497 e. The zero-order valence-electron chi connectivity index (χ0n) is 16.2. The fourth-order valence-corrected chi connectivity index (χ4v) is 3.32. The van der Waals surface area contributed by atoms with E-state index in [1.54, 1.807) is 13.3 Å². The van der Waals surface area contributed by atoms with E-state index in [4.69, 9.17) is 4.74 Å². The highest BCUT2D eigenvalue weighted by molar-refractivity contribution is 5.59. The molecule has 0 spiro atoms. The molecule has 1 N–H and O–H groups in total. The van der Waals surface area contributed by atoms with Crippen LogP contribution in [-0.2, 0) is 0 Å². The lowest BCUT2D eigenvalue weighted by Gasteiger charge is -2.36. The number of hydrogen-bond acceptors (Lipinski definition) is 7. The maximum Gasteiger partial charge on any atom is 0.249 e. The molecule has 2 aromatic carbocycles. The van der Waals surface area contributed by atoms with Crippen LogP contribution in [0.5, 0.6) is 5.75 Å². The first kappa shape index (κ1) is 18.0. The maximum absolute atomic E-state index is 5.24. The molecule has 0 radical (unpaired) electrons. The van der Waals surface area contributed by atoms with E-state index in [-0.39, 0.29) is 0 Å². The Labute approximate surface area is 165 Å². The van der Waals surface area contributed by atoms with Crippen LogP contribution in [0.3, 0.4) is 0 Å². The molecule has 0 amide bonds. The molecule has 0 atom stereocenters. The zero-order valence-corrected chi connectivity index (χ0v) is 16.2. The van der Waals surface area contributed by atoms with Gasteiger partial charge in [-0.25, -0.2) is 0 Å². The third kappa shape index (κ3) is 3.98. The van der Waals surface area contributed by atoms with Crippen molar-refractivity contribution in [3.05, 3.63) is 60.3 Å². The number of anilines is 4. The number of nitrogens with one attached hydrogen (secondary N) is 1. The number of methoxy groups -OCH3 is 1. The van der Waals surface area contributed by atoms with Gasteiger partial charge in [-0.1, -0.05) is 18.2 Å². The van der Waals surface area contributed by atoms with Crippen LogP contribution in [0.4, 0.5) is 23.1 Å². The molecular formula is C21H24N6O. The lowest BCUT2D eigenvalue weighted by molar-refractivity contribution is 0.415. The Balaban J connectivity index is 1.41. The molecule has 1 saturated heterocycles. The normalized spacial score (nSPS) is 14.1. The number of para-hydroxylation sites is 1. The summed E-state index contributed by atoms with van der Waals surface area (Å²) in [7, 11) is 1.69. The highest BCUT2D eigenvalue weighted by Gasteiger charge is 2.19. The molecule has 144 valence electrons. The van der Waals surface area contributed by atoms with Gasteiger partial charge in [0.25, 0.3) is 0 Å². The summed E-state index contributed by atoms with van der Waals surface area (Å²) in [5.74, 6) is 2.24. The number of piperazine rings is 1. The Morgan fingerprint density at radius 3 is 2.36 bits per heavy atom. The Bertz CT molecular complexity index is 922. The van der Waals surface area contributed by atoms with Crippen molar-refractivity contribution in [2.24, 2.45) is 0 Å². The first-order valence-corrected chi connectivity index (χ1v) is 9.39. The quantitative estimate of drug-likeness (QED) is 0.733. The molecule has 1 aliphatic rings. The predicted molar refractivity (Wildman–Crippen MR) is 112 cm³/mol. The number of aromatic nitrogens is 3. The minimum atomic E-state index is 0.518. The van der Waals surface area contributed by atoms with Gasteiger partial charge >= 0.3 is 0 Å². The fourth-order valence-electron chi connectivity index (χ4n) is 3.32. The molecule has 0 aliphatic carbocycles. The van der Waals surface area contributed by atoms with Gasteiger partial charge in [0, 0.05) is 37.6 Å². The molecule has 1 fully saturated rings. The first-order chi connectivity index (χ1) is 13.7. The number of rotatable bonds is 5. The largest absolute Gasteiger partial charge is 0.497 e. The van der Waals surface area contributed by atoms with Crippen LogP contribution < -0.4 is 19.9 Å². The van der Waals surface area contributed by atoms with Crippen LogP contribution in [0.25, 0.3) is 0 Å². The van der Waals surface area contributed by atoms with Crippen molar-refractivity contribution in [2.45, 2.75) is 6.92 Å². The van der Waals surface area contributed by atoms with Crippen molar-refractivity contribution in [2.75, 3.05) is 48.4 Å². The standard InChI is InChI=1S/C21H24N6O/c1-16-5-3-4-6-19(16)23-21-24-20(15-22-25-21)27-13-11-26(12-14-27)17-7-9-18(28-2)10-8-17/h3-10,15H,11-14H2,1-2H3,(H,23,24,25). The van der Waals surface area contributed by atoms with Crippen molar-refractivity contribution >= 4 is 23.1 Å². The van der Waals surface area contributed by atoms with Gasteiger partial charge in [-0.05, 0) is 42.8 Å². The summed E-state index contributed by atoms with van der Waals surface area (Å²) >= 11 is 0. The van der Waals surface area contributed by atoms with Gasteiger partial charge in [0.2, 0.25) is 5.95 Å². The average molecular weight is 376 g/mol. The zero-order chi connectivity index (χ0) is 19.3. The van der Waals surface area contributed by atoms with E-state index in [1.165, 1.54) is 5.69 Å². The summed E-state index contributed by atoms with van der Waals surface area (Å²) in [6.07, 6.45) is 1.73. The van der Waals surface area contributed by atoms with Gasteiger partial charge in [-0.3, -0.25) is 0 Å². The van der Waals surface area contributed by atoms with Gasteiger partial charge in [-0.15, -0.1) is 5.10 Å². The number of ether oxygens (including phenoxy) is 1. The lowest BCUT2D eigenvalue weighted by Crippen LogP contribution is -2.46. The molecule has 28 heavy (non-hydrogen) atoms.